The van der Waals surface area contributed by atoms with E-state index in [9.17, 15) is 9.59 Å². The van der Waals surface area contributed by atoms with Gasteiger partial charge in [0.25, 0.3) is 0 Å². The molecule has 60 valence electrons. The first-order chi connectivity index (χ1) is 5.29. The topological polar surface area (TPSA) is 46.2 Å². The fraction of sp³-hybridized carbons (Fsp3) is 0.750. The molecule has 0 aromatic carbocycles. The molecule has 2 atom stereocenters. The van der Waals surface area contributed by atoms with Crippen LogP contribution >= 0.6 is 0 Å². The van der Waals surface area contributed by atoms with E-state index in [4.69, 9.17) is 0 Å². The molecule has 11 heavy (non-hydrogen) atoms. The standard InChI is InChI=1S/C8H11NO2/c10-7-3-8(11)6-4-9-2-1-5(6)7/h5-6,9H,1-4H2. The lowest BCUT2D eigenvalue weighted by molar-refractivity contribution is -0.122. The highest BCUT2D eigenvalue weighted by molar-refractivity contribution is 6.08. The van der Waals surface area contributed by atoms with Gasteiger partial charge in [0.15, 0.2) is 0 Å². The predicted octanol–water partition coefficient (Wildman–Crippen LogP) is -0.246. The quantitative estimate of drug-likeness (QED) is 0.488. The van der Waals surface area contributed by atoms with Gasteiger partial charge in [0.1, 0.15) is 11.6 Å². The van der Waals surface area contributed by atoms with Gasteiger partial charge in [-0.1, -0.05) is 0 Å². The van der Waals surface area contributed by atoms with Crippen molar-refractivity contribution >= 4 is 11.6 Å². The third-order valence-electron chi connectivity index (χ3n) is 2.66. The monoisotopic (exact) mass is 153 g/mol. The first-order valence-electron chi connectivity index (χ1n) is 4.05. The second kappa shape index (κ2) is 2.41. The maximum Gasteiger partial charge on any atom is 0.145 e. The molecule has 2 rings (SSSR count). The Morgan fingerprint density at radius 1 is 1.18 bits per heavy atom. The summed E-state index contributed by atoms with van der Waals surface area (Å²) in [5.41, 5.74) is 0. The Bertz CT molecular complexity index is 190. The van der Waals surface area contributed by atoms with E-state index < -0.39 is 0 Å². The minimum atomic E-state index is 0.0104. The molecule has 2 unspecified atom stereocenters. The van der Waals surface area contributed by atoms with Crippen LogP contribution in [0.3, 0.4) is 0 Å². The normalized spacial score (nSPS) is 37.5. The minimum Gasteiger partial charge on any atom is -0.316 e. The molecule has 0 bridgehead atoms. The first kappa shape index (κ1) is 6.98. The fourth-order valence-electron chi connectivity index (χ4n) is 2.02. The van der Waals surface area contributed by atoms with Crippen molar-refractivity contribution in [1.82, 2.24) is 5.32 Å². The number of ketones is 2. The van der Waals surface area contributed by atoms with Crippen LogP contribution in [0.25, 0.3) is 0 Å². The Balaban J connectivity index is 2.19. The molecule has 1 N–H and O–H groups in total. The molecule has 0 aromatic heterocycles. The minimum absolute atomic E-state index is 0.0104. The van der Waals surface area contributed by atoms with Gasteiger partial charge < -0.3 is 5.32 Å². The number of nitrogens with one attached hydrogen (secondary N) is 1. The molecule has 1 saturated heterocycles. The van der Waals surface area contributed by atoms with Gasteiger partial charge in [0.2, 0.25) is 0 Å². The zero-order chi connectivity index (χ0) is 7.84. The van der Waals surface area contributed by atoms with Gasteiger partial charge in [-0.15, -0.1) is 0 Å². The highest BCUT2D eigenvalue weighted by Gasteiger charge is 2.42. The predicted molar refractivity (Wildman–Crippen MR) is 39.1 cm³/mol. The van der Waals surface area contributed by atoms with Crippen molar-refractivity contribution in [3.8, 4) is 0 Å². The van der Waals surface area contributed by atoms with E-state index in [1.54, 1.807) is 0 Å². The van der Waals surface area contributed by atoms with Crippen molar-refractivity contribution in [2.24, 2.45) is 11.8 Å². The summed E-state index contributed by atoms with van der Waals surface area (Å²) in [6, 6.07) is 0. The summed E-state index contributed by atoms with van der Waals surface area (Å²) >= 11 is 0. The summed E-state index contributed by atoms with van der Waals surface area (Å²) in [6.07, 6.45) is 1.05. The van der Waals surface area contributed by atoms with E-state index in [2.05, 4.69) is 5.32 Å². The highest BCUT2D eigenvalue weighted by Crippen LogP contribution is 2.29. The van der Waals surface area contributed by atoms with E-state index in [0.29, 0.717) is 0 Å². The molecule has 2 fully saturated rings. The first-order valence-corrected chi connectivity index (χ1v) is 4.05. The summed E-state index contributed by atoms with van der Waals surface area (Å²) < 4.78 is 0. The molecular formula is C8H11NO2. The largest absolute Gasteiger partial charge is 0.316 e. The summed E-state index contributed by atoms with van der Waals surface area (Å²) in [7, 11) is 0. The Kier molecular flexibility index (Phi) is 1.53. The van der Waals surface area contributed by atoms with Gasteiger partial charge in [-0.2, -0.15) is 0 Å². The molecule has 2 aliphatic rings. The third-order valence-corrected chi connectivity index (χ3v) is 2.66. The lowest BCUT2D eigenvalue weighted by atomic mass is 9.89. The molecule has 1 aliphatic heterocycles. The van der Waals surface area contributed by atoms with Crippen molar-refractivity contribution in [2.75, 3.05) is 13.1 Å². The molecule has 0 spiro atoms. The second-order valence-electron chi connectivity index (χ2n) is 3.32. The van der Waals surface area contributed by atoms with Crippen LogP contribution in [0.15, 0.2) is 0 Å². The van der Waals surface area contributed by atoms with Crippen LogP contribution in [-0.4, -0.2) is 24.7 Å². The van der Waals surface area contributed by atoms with Crippen molar-refractivity contribution in [3.63, 3.8) is 0 Å². The average molecular weight is 153 g/mol. The number of rotatable bonds is 0. The molecule has 1 saturated carbocycles. The van der Waals surface area contributed by atoms with Crippen molar-refractivity contribution in [2.45, 2.75) is 12.8 Å². The van der Waals surface area contributed by atoms with Crippen LogP contribution < -0.4 is 5.32 Å². The van der Waals surface area contributed by atoms with Crippen molar-refractivity contribution < 1.29 is 9.59 Å². The smallest absolute Gasteiger partial charge is 0.145 e. The Labute approximate surface area is 65.2 Å². The highest BCUT2D eigenvalue weighted by atomic mass is 16.2. The number of hydrogen-bond acceptors (Lipinski definition) is 3. The number of piperidine rings is 1. The SMILES string of the molecule is O=C1CC(=O)C2CNCCC12. The summed E-state index contributed by atoms with van der Waals surface area (Å²) in [6.45, 7) is 1.61. The van der Waals surface area contributed by atoms with E-state index in [-0.39, 0.29) is 29.8 Å². The van der Waals surface area contributed by atoms with Crippen LogP contribution in [0.2, 0.25) is 0 Å². The van der Waals surface area contributed by atoms with Crippen LogP contribution in [-0.2, 0) is 9.59 Å². The summed E-state index contributed by atoms with van der Waals surface area (Å²) in [5, 5.41) is 3.13. The van der Waals surface area contributed by atoms with Crippen LogP contribution in [0, 0.1) is 11.8 Å². The van der Waals surface area contributed by atoms with E-state index in [1.165, 1.54) is 0 Å². The summed E-state index contributed by atoms with van der Waals surface area (Å²) in [5.74, 6) is 0.383. The molecule has 3 heteroatoms. The maximum atomic E-state index is 11.2. The van der Waals surface area contributed by atoms with Gasteiger partial charge in [-0.25, -0.2) is 0 Å². The van der Waals surface area contributed by atoms with Crippen molar-refractivity contribution in [3.05, 3.63) is 0 Å². The molecular weight excluding hydrogens is 142 g/mol. The zero-order valence-corrected chi connectivity index (χ0v) is 6.30. The number of Topliss-reactive ketones (excluding diaryl/α,β-unsaturated/α-hetero) is 2. The number of fused-ring (bicyclic) bond motifs is 1. The lowest BCUT2D eigenvalue weighted by Crippen LogP contribution is -2.38. The van der Waals surface area contributed by atoms with Gasteiger partial charge >= 0.3 is 0 Å². The molecule has 1 aliphatic carbocycles. The second-order valence-corrected chi connectivity index (χ2v) is 3.32. The Morgan fingerprint density at radius 2 is 1.91 bits per heavy atom. The van der Waals surface area contributed by atoms with E-state index >= 15 is 0 Å². The van der Waals surface area contributed by atoms with E-state index in [1.807, 2.05) is 0 Å². The number of carbonyl (C=O) groups is 2. The number of hydrogen-bond donors (Lipinski definition) is 1. The van der Waals surface area contributed by atoms with Gasteiger partial charge in [-0.3, -0.25) is 9.59 Å². The van der Waals surface area contributed by atoms with Gasteiger partial charge in [0, 0.05) is 18.4 Å². The third kappa shape index (κ3) is 0.997. The molecule has 0 radical (unpaired) electrons. The van der Waals surface area contributed by atoms with Crippen LogP contribution in [0.1, 0.15) is 12.8 Å². The van der Waals surface area contributed by atoms with Crippen molar-refractivity contribution in [1.29, 1.82) is 0 Å². The van der Waals surface area contributed by atoms with Gasteiger partial charge in [-0.05, 0) is 13.0 Å². The number of carbonyl (C=O) groups excluding carboxylic acids is 2. The molecule has 3 nitrogen and oxygen atoms in total. The molecule has 0 amide bonds. The molecule has 0 aromatic rings. The van der Waals surface area contributed by atoms with Crippen LogP contribution in [0.5, 0.6) is 0 Å². The molecule has 1 heterocycles. The van der Waals surface area contributed by atoms with E-state index in [0.717, 1.165) is 19.5 Å². The Hall–Kier alpha value is -0.700. The fourth-order valence-corrected chi connectivity index (χ4v) is 2.02. The Morgan fingerprint density at radius 3 is 2.64 bits per heavy atom. The maximum absolute atomic E-state index is 11.2. The zero-order valence-electron chi connectivity index (χ0n) is 6.30. The van der Waals surface area contributed by atoms with Crippen LogP contribution in [0.4, 0.5) is 0 Å². The summed E-state index contributed by atoms with van der Waals surface area (Å²) in [4.78, 5) is 22.3. The lowest BCUT2D eigenvalue weighted by Gasteiger charge is -2.23. The average Bonchev–Trinajstić information content (AvgIpc) is 2.30. The van der Waals surface area contributed by atoms with Gasteiger partial charge in [0.05, 0.1) is 6.42 Å².